The van der Waals surface area contributed by atoms with Crippen LogP contribution in [-0.2, 0) is 0 Å². The van der Waals surface area contributed by atoms with Gasteiger partial charge in [0.25, 0.3) is 0 Å². The fourth-order valence-corrected chi connectivity index (χ4v) is 2.87. The molecule has 2 rings (SSSR count). The monoisotopic (exact) mass is 306 g/mol. The minimum atomic E-state index is -1.43. The van der Waals surface area contributed by atoms with E-state index < -0.39 is 22.3 Å². The van der Waals surface area contributed by atoms with Gasteiger partial charge in [-0.1, -0.05) is 28.1 Å². The molecule has 5 heteroatoms. The first-order valence-electron chi connectivity index (χ1n) is 4.42. The topological polar surface area (TPSA) is 0 Å². The second kappa shape index (κ2) is 4.59. The lowest BCUT2D eigenvalue weighted by atomic mass is 10.1. The Morgan fingerprint density at radius 3 is 2.44 bits per heavy atom. The van der Waals surface area contributed by atoms with Crippen LogP contribution in [0, 0.1) is 17.5 Å². The molecular weight excluding hydrogens is 301 g/mol. The second-order valence-electron chi connectivity index (χ2n) is 3.14. The lowest BCUT2D eigenvalue weighted by Gasteiger charge is -2.09. The highest BCUT2D eigenvalue weighted by atomic mass is 79.9. The summed E-state index contributed by atoms with van der Waals surface area (Å²) in [5, 5.41) is 1.83. The van der Waals surface area contributed by atoms with Gasteiger partial charge in [0.2, 0.25) is 0 Å². The minimum absolute atomic E-state index is 0.0985. The molecule has 0 fully saturated rings. The number of benzene rings is 1. The van der Waals surface area contributed by atoms with Crippen molar-refractivity contribution < 1.29 is 13.2 Å². The summed E-state index contributed by atoms with van der Waals surface area (Å²) >= 11 is 4.68. The number of hydrogen-bond donors (Lipinski definition) is 0. The molecule has 0 nitrogen and oxygen atoms in total. The Morgan fingerprint density at radius 1 is 1.06 bits per heavy atom. The Morgan fingerprint density at radius 2 is 1.81 bits per heavy atom. The molecule has 84 valence electrons. The molecule has 0 aliphatic carbocycles. The Bertz CT molecular complexity index is 496. The van der Waals surface area contributed by atoms with Gasteiger partial charge in [-0.25, -0.2) is 13.2 Å². The first-order chi connectivity index (χ1) is 7.61. The average Bonchev–Trinajstić information content (AvgIpc) is 2.79. The fourth-order valence-electron chi connectivity index (χ4n) is 1.33. The van der Waals surface area contributed by atoms with Crippen molar-refractivity contribution in [1.82, 2.24) is 0 Å². The Kier molecular flexibility index (Phi) is 3.35. The van der Waals surface area contributed by atoms with E-state index in [1.165, 1.54) is 17.4 Å². The van der Waals surface area contributed by atoms with Gasteiger partial charge in [0.15, 0.2) is 17.5 Å². The van der Waals surface area contributed by atoms with E-state index in [1.807, 2.05) is 11.4 Å². The lowest BCUT2D eigenvalue weighted by molar-refractivity contribution is 0.442. The summed E-state index contributed by atoms with van der Waals surface area (Å²) in [6, 6.07) is 5.78. The molecular formula is C11H6BrF3S. The fraction of sp³-hybridized carbons (Fsp3) is 0.0909. The Balaban J connectivity index is 2.45. The molecule has 0 spiro atoms. The van der Waals surface area contributed by atoms with Crippen LogP contribution in [-0.4, -0.2) is 0 Å². The molecule has 0 N–H and O–H groups in total. The highest BCUT2D eigenvalue weighted by Crippen LogP contribution is 2.35. The van der Waals surface area contributed by atoms with Crippen LogP contribution in [0.15, 0.2) is 29.6 Å². The lowest BCUT2D eigenvalue weighted by Crippen LogP contribution is -2.00. The molecule has 0 saturated carbocycles. The molecule has 0 amide bonds. The Labute approximate surface area is 103 Å². The average molecular weight is 307 g/mol. The predicted octanol–water partition coefficient (Wildman–Crippen LogP) is 4.65. The number of hydrogen-bond acceptors (Lipinski definition) is 1. The number of halogens is 4. The van der Waals surface area contributed by atoms with Gasteiger partial charge < -0.3 is 0 Å². The van der Waals surface area contributed by atoms with Crippen LogP contribution in [0.2, 0.25) is 0 Å². The van der Waals surface area contributed by atoms with Crippen LogP contribution in [0.4, 0.5) is 13.2 Å². The van der Waals surface area contributed by atoms with Crippen LogP contribution in [0.3, 0.4) is 0 Å². The van der Waals surface area contributed by atoms with Gasteiger partial charge >= 0.3 is 0 Å². The molecule has 0 radical (unpaired) electrons. The van der Waals surface area contributed by atoms with E-state index in [9.17, 15) is 13.2 Å². The molecule has 0 bridgehead atoms. The summed E-state index contributed by atoms with van der Waals surface area (Å²) in [6.07, 6.45) is 0. The van der Waals surface area contributed by atoms with Crippen molar-refractivity contribution in [1.29, 1.82) is 0 Å². The van der Waals surface area contributed by atoms with Crippen molar-refractivity contribution in [2.75, 3.05) is 0 Å². The first-order valence-corrected chi connectivity index (χ1v) is 6.21. The van der Waals surface area contributed by atoms with Crippen molar-refractivity contribution in [2.24, 2.45) is 0 Å². The van der Waals surface area contributed by atoms with E-state index in [0.717, 1.165) is 10.9 Å². The van der Waals surface area contributed by atoms with Crippen LogP contribution in [0.25, 0.3) is 0 Å². The molecule has 1 unspecified atom stereocenters. The predicted molar refractivity (Wildman–Crippen MR) is 61.4 cm³/mol. The van der Waals surface area contributed by atoms with Gasteiger partial charge in [-0.3, -0.25) is 0 Å². The summed E-state index contributed by atoms with van der Waals surface area (Å²) in [5.41, 5.74) is 0.0985. The molecule has 1 aromatic heterocycles. The third kappa shape index (κ3) is 2.01. The third-order valence-electron chi connectivity index (χ3n) is 2.13. The summed E-state index contributed by atoms with van der Waals surface area (Å²) in [5.74, 6) is -3.75. The van der Waals surface area contributed by atoms with Gasteiger partial charge in [-0.15, -0.1) is 11.3 Å². The van der Waals surface area contributed by atoms with Crippen molar-refractivity contribution in [3.8, 4) is 0 Å². The highest BCUT2D eigenvalue weighted by Gasteiger charge is 2.20. The quantitative estimate of drug-likeness (QED) is 0.559. The van der Waals surface area contributed by atoms with Crippen LogP contribution >= 0.6 is 27.3 Å². The van der Waals surface area contributed by atoms with Crippen LogP contribution < -0.4 is 0 Å². The summed E-state index contributed by atoms with van der Waals surface area (Å²) in [7, 11) is 0. The molecule has 16 heavy (non-hydrogen) atoms. The van der Waals surface area contributed by atoms with Crippen molar-refractivity contribution >= 4 is 27.3 Å². The van der Waals surface area contributed by atoms with E-state index in [0.29, 0.717) is 0 Å². The Hall–Kier alpha value is -0.810. The minimum Gasteiger partial charge on any atom is -0.204 e. The molecule has 2 aromatic rings. The van der Waals surface area contributed by atoms with Crippen LogP contribution in [0.1, 0.15) is 15.3 Å². The smallest absolute Gasteiger partial charge is 0.194 e. The van der Waals surface area contributed by atoms with Gasteiger partial charge in [0.05, 0.1) is 4.83 Å². The molecule has 0 aliphatic heterocycles. The van der Waals surface area contributed by atoms with Crippen molar-refractivity contribution in [3.05, 3.63) is 57.5 Å². The van der Waals surface area contributed by atoms with E-state index in [1.54, 1.807) is 6.07 Å². The molecule has 1 aromatic carbocycles. The number of thiophene rings is 1. The second-order valence-corrected chi connectivity index (χ2v) is 5.04. The zero-order chi connectivity index (χ0) is 11.7. The van der Waals surface area contributed by atoms with E-state index in [4.69, 9.17) is 0 Å². The SMILES string of the molecule is Fc1ccc(C(Br)c2cccs2)c(F)c1F. The van der Waals surface area contributed by atoms with E-state index >= 15 is 0 Å². The van der Waals surface area contributed by atoms with Crippen molar-refractivity contribution in [2.45, 2.75) is 4.83 Å². The van der Waals surface area contributed by atoms with Crippen molar-refractivity contribution in [3.63, 3.8) is 0 Å². The summed E-state index contributed by atoms with van der Waals surface area (Å²) < 4.78 is 39.2. The van der Waals surface area contributed by atoms with Gasteiger partial charge in [0, 0.05) is 10.4 Å². The zero-order valence-electron chi connectivity index (χ0n) is 7.88. The molecule has 1 heterocycles. The largest absolute Gasteiger partial charge is 0.204 e. The molecule has 1 atom stereocenters. The highest BCUT2D eigenvalue weighted by molar-refractivity contribution is 9.09. The number of rotatable bonds is 2. The van der Waals surface area contributed by atoms with Gasteiger partial charge in [-0.2, -0.15) is 0 Å². The van der Waals surface area contributed by atoms with Gasteiger partial charge in [0.1, 0.15) is 0 Å². The summed E-state index contributed by atoms with van der Waals surface area (Å²) in [6.45, 7) is 0. The zero-order valence-corrected chi connectivity index (χ0v) is 10.3. The third-order valence-corrected chi connectivity index (χ3v) is 4.36. The van der Waals surface area contributed by atoms with E-state index in [-0.39, 0.29) is 5.56 Å². The maximum atomic E-state index is 13.5. The standard InChI is InChI=1S/C11H6BrF3S/c12-9(8-2-1-5-16-8)6-3-4-7(13)11(15)10(6)14/h1-5,9H. The summed E-state index contributed by atoms with van der Waals surface area (Å²) in [4.78, 5) is 0.382. The maximum absolute atomic E-state index is 13.5. The maximum Gasteiger partial charge on any atom is 0.194 e. The molecule has 0 aliphatic rings. The van der Waals surface area contributed by atoms with Gasteiger partial charge in [-0.05, 0) is 17.5 Å². The number of alkyl halides is 1. The van der Waals surface area contributed by atoms with Crippen LogP contribution in [0.5, 0.6) is 0 Å². The first kappa shape index (κ1) is 11.7. The molecule has 0 saturated heterocycles. The van der Waals surface area contributed by atoms with E-state index in [2.05, 4.69) is 15.9 Å². The normalized spacial score (nSPS) is 12.8.